The number of carbonyl (C=O) groups excluding carboxylic acids is 1. The van der Waals surface area contributed by atoms with E-state index < -0.39 is 0 Å². The number of para-hydroxylation sites is 1. The number of hydrogen-bond acceptors (Lipinski definition) is 1. The molecule has 0 N–H and O–H groups in total. The van der Waals surface area contributed by atoms with Crippen molar-refractivity contribution in [2.24, 2.45) is 0 Å². The van der Waals surface area contributed by atoms with E-state index in [1.165, 1.54) is 10.9 Å². The summed E-state index contributed by atoms with van der Waals surface area (Å²) < 4.78 is 2.18. The molecular formula is C15H12NO. The summed E-state index contributed by atoms with van der Waals surface area (Å²) in [4.78, 5) is 11.1. The molecule has 1 aromatic heterocycles. The molecule has 83 valence electrons. The number of carbonyl (C=O) groups is 1. The fraction of sp³-hybridized carbons (Fsp3) is 0.133. The molecule has 0 bridgehead atoms. The zero-order valence-electron chi connectivity index (χ0n) is 9.60. The predicted octanol–water partition coefficient (Wildman–Crippen LogP) is 3.43. The van der Waals surface area contributed by atoms with Crippen LogP contribution in [0.15, 0.2) is 36.4 Å². The first kappa shape index (κ1) is 10.1. The Hall–Kier alpha value is -2.09. The summed E-state index contributed by atoms with van der Waals surface area (Å²) in [5.41, 5.74) is 2.90. The molecule has 3 rings (SSSR count). The van der Waals surface area contributed by atoms with E-state index in [1.54, 1.807) is 6.07 Å². The van der Waals surface area contributed by atoms with Crippen molar-refractivity contribution in [1.29, 1.82) is 0 Å². The molecule has 3 aromatic rings. The topological polar surface area (TPSA) is 22.0 Å². The zero-order valence-corrected chi connectivity index (χ0v) is 9.60. The van der Waals surface area contributed by atoms with Gasteiger partial charge in [-0.05, 0) is 31.2 Å². The minimum Gasteiger partial charge on any atom is -0.340 e. The fourth-order valence-corrected chi connectivity index (χ4v) is 2.49. The van der Waals surface area contributed by atoms with Gasteiger partial charge in [0.05, 0.1) is 5.52 Å². The Morgan fingerprint density at radius 3 is 2.82 bits per heavy atom. The number of hydrogen-bond donors (Lipinski definition) is 0. The van der Waals surface area contributed by atoms with E-state index in [0.717, 1.165) is 23.7 Å². The third kappa shape index (κ3) is 1.30. The van der Waals surface area contributed by atoms with Gasteiger partial charge in [-0.3, -0.25) is 4.79 Å². The van der Waals surface area contributed by atoms with E-state index in [4.69, 9.17) is 0 Å². The molecule has 0 atom stereocenters. The molecule has 2 nitrogen and oxygen atoms in total. The van der Waals surface area contributed by atoms with E-state index in [0.29, 0.717) is 5.56 Å². The number of nitrogens with zero attached hydrogens (tertiary/aromatic N) is 1. The molecule has 1 radical (unpaired) electrons. The van der Waals surface area contributed by atoms with Crippen LogP contribution in [-0.2, 0) is 6.54 Å². The van der Waals surface area contributed by atoms with Gasteiger partial charge in [0.25, 0.3) is 0 Å². The molecule has 2 aromatic carbocycles. The summed E-state index contributed by atoms with van der Waals surface area (Å²) in [5.74, 6) is 0. The zero-order chi connectivity index (χ0) is 11.8. The van der Waals surface area contributed by atoms with Crippen LogP contribution < -0.4 is 0 Å². The normalized spacial score (nSPS) is 11.1. The lowest BCUT2D eigenvalue weighted by atomic mass is 10.1. The predicted molar refractivity (Wildman–Crippen MR) is 69.3 cm³/mol. The monoisotopic (exact) mass is 222 g/mol. The highest BCUT2D eigenvalue weighted by Crippen LogP contribution is 2.30. The molecule has 0 unspecified atom stereocenters. The average molecular weight is 222 g/mol. The molecule has 0 aliphatic rings. The van der Waals surface area contributed by atoms with E-state index in [2.05, 4.69) is 29.7 Å². The summed E-state index contributed by atoms with van der Waals surface area (Å²) in [6, 6.07) is 15.0. The minimum absolute atomic E-state index is 0.709. The van der Waals surface area contributed by atoms with Crippen LogP contribution in [0.4, 0.5) is 0 Å². The summed E-state index contributed by atoms with van der Waals surface area (Å²) >= 11 is 0. The lowest BCUT2D eigenvalue weighted by Gasteiger charge is -2.04. The van der Waals surface area contributed by atoms with Gasteiger partial charge in [-0.25, -0.2) is 0 Å². The van der Waals surface area contributed by atoms with Gasteiger partial charge in [0.15, 0.2) is 6.29 Å². The Balaban J connectivity index is 2.63. The number of fused-ring (bicyclic) bond motifs is 3. The Morgan fingerprint density at radius 1 is 1.24 bits per heavy atom. The maximum Gasteiger partial charge on any atom is 0.152 e. The van der Waals surface area contributed by atoms with E-state index in [1.807, 2.05) is 18.2 Å². The lowest BCUT2D eigenvalue weighted by Crippen LogP contribution is -1.96. The van der Waals surface area contributed by atoms with Crippen LogP contribution in [0.1, 0.15) is 17.3 Å². The standard InChI is InChI=1S/C15H12NO/c1-2-16-14-9-4-3-7-12(14)13-8-5-6-11(10-17)15(13)16/h3-4,6-10H,2H2,1H3. The van der Waals surface area contributed by atoms with Gasteiger partial charge < -0.3 is 4.57 Å². The van der Waals surface area contributed by atoms with Crippen molar-refractivity contribution in [2.45, 2.75) is 13.5 Å². The van der Waals surface area contributed by atoms with Crippen molar-refractivity contribution in [3.8, 4) is 0 Å². The Bertz CT molecular complexity index is 709. The van der Waals surface area contributed by atoms with Crippen molar-refractivity contribution in [2.75, 3.05) is 0 Å². The molecule has 2 heteroatoms. The molecular weight excluding hydrogens is 210 g/mol. The summed E-state index contributed by atoms with van der Waals surface area (Å²) in [5, 5.41) is 2.29. The first-order valence-electron chi connectivity index (χ1n) is 5.73. The SMILES string of the molecule is CCn1c2ccccc2c2c[c]cc(C=O)c21. The van der Waals surface area contributed by atoms with Gasteiger partial charge >= 0.3 is 0 Å². The van der Waals surface area contributed by atoms with Crippen molar-refractivity contribution < 1.29 is 4.79 Å². The summed E-state index contributed by atoms with van der Waals surface area (Å²) in [7, 11) is 0. The van der Waals surface area contributed by atoms with Gasteiger partial charge in [0, 0.05) is 28.4 Å². The number of rotatable bonds is 2. The van der Waals surface area contributed by atoms with Crippen molar-refractivity contribution in [3.05, 3.63) is 48.0 Å². The van der Waals surface area contributed by atoms with Crippen molar-refractivity contribution in [3.63, 3.8) is 0 Å². The van der Waals surface area contributed by atoms with Gasteiger partial charge in [-0.2, -0.15) is 0 Å². The van der Waals surface area contributed by atoms with E-state index >= 15 is 0 Å². The highest BCUT2D eigenvalue weighted by Gasteiger charge is 2.11. The average Bonchev–Trinajstić information content (AvgIpc) is 2.72. The summed E-state index contributed by atoms with van der Waals surface area (Å²) in [6.45, 7) is 2.95. The second-order valence-corrected chi connectivity index (χ2v) is 4.05. The lowest BCUT2D eigenvalue weighted by molar-refractivity contribution is 0.112. The smallest absolute Gasteiger partial charge is 0.152 e. The van der Waals surface area contributed by atoms with Crippen LogP contribution in [0.25, 0.3) is 21.8 Å². The van der Waals surface area contributed by atoms with E-state index in [9.17, 15) is 4.79 Å². The molecule has 0 spiro atoms. The highest BCUT2D eigenvalue weighted by atomic mass is 16.1. The van der Waals surface area contributed by atoms with Crippen LogP contribution in [-0.4, -0.2) is 10.9 Å². The number of aromatic nitrogens is 1. The fourth-order valence-electron chi connectivity index (χ4n) is 2.49. The van der Waals surface area contributed by atoms with Crippen LogP contribution in [0, 0.1) is 6.07 Å². The number of aryl methyl sites for hydroxylation is 1. The van der Waals surface area contributed by atoms with Crippen LogP contribution >= 0.6 is 0 Å². The van der Waals surface area contributed by atoms with Gasteiger partial charge in [0.1, 0.15) is 0 Å². The van der Waals surface area contributed by atoms with Crippen molar-refractivity contribution >= 4 is 28.1 Å². The molecule has 0 fully saturated rings. The van der Waals surface area contributed by atoms with Crippen LogP contribution in [0.3, 0.4) is 0 Å². The third-order valence-corrected chi connectivity index (χ3v) is 3.19. The van der Waals surface area contributed by atoms with Crippen LogP contribution in [0.2, 0.25) is 0 Å². The van der Waals surface area contributed by atoms with Gasteiger partial charge in [-0.1, -0.05) is 18.2 Å². The maximum absolute atomic E-state index is 11.1. The van der Waals surface area contributed by atoms with Crippen LogP contribution in [0.5, 0.6) is 0 Å². The third-order valence-electron chi connectivity index (χ3n) is 3.19. The molecule has 1 heterocycles. The maximum atomic E-state index is 11.1. The highest BCUT2D eigenvalue weighted by molar-refractivity contribution is 6.12. The second-order valence-electron chi connectivity index (χ2n) is 4.05. The van der Waals surface area contributed by atoms with Gasteiger partial charge in [0.2, 0.25) is 0 Å². The molecule has 17 heavy (non-hydrogen) atoms. The Labute approximate surface area is 99.5 Å². The Kier molecular flexibility index (Phi) is 2.22. The summed E-state index contributed by atoms with van der Waals surface area (Å²) in [6.07, 6.45) is 0.907. The molecule has 0 saturated heterocycles. The second kappa shape index (κ2) is 3.74. The molecule has 0 aliphatic heterocycles. The quantitative estimate of drug-likeness (QED) is 0.609. The largest absolute Gasteiger partial charge is 0.340 e. The molecule has 0 saturated carbocycles. The molecule has 0 aliphatic carbocycles. The van der Waals surface area contributed by atoms with E-state index in [-0.39, 0.29) is 0 Å². The number of benzene rings is 2. The minimum atomic E-state index is 0.709. The molecule has 0 amide bonds. The number of aldehydes is 1. The first-order valence-corrected chi connectivity index (χ1v) is 5.73. The van der Waals surface area contributed by atoms with Gasteiger partial charge in [-0.15, -0.1) is 0 Å². The Morgan fingerprint density at radius 2 is 2.06 bits per heavy atom. The van der Waals surface area contributed by atoms with Crippen molar-refractivity contribution in [1.82, 2.24) is 4.57 Å². The first-order chi connectivity index (χ1) is 8.36.